The van der Waals surface area contributed by atoms with Crippen LogP contribution in [-0.2, 0) is 0 Å². The van der Waals surface area contributed by atoms with Gasteiger partial charge in [-0.15, -0.1) is 0 Å². The zero-order valence-corrected chi connectivity index (χ0v) is 11.4. The highest BCUT2D eigenvalue weighted by molar-refractivity contribution is 5.78. The lowest BCUT2D eigenvalue weighted by molar-refractivity contribution is -0.106. The molecule has 0 amide bonds. The Balaban J connectivity index is 1.44. The molecule has 6 heteroatoms. The number of hydrogen-bond acceptors (Lipinski definition) is 6. The van der Waals surface area contributed by atoms with Crippen LogP contribution in [0.3, 0.4) is 0 Å². The van der Waals surface area contributed by atoms with Crippen molar-refractivity contribution >= 4 is 22.8 Å². The van der Waals surface area contributed by atoms with E-state index in [0.717, 1.165) is 37.3 Å². The second-order valence-electron chi connectivity index (χ2n) is 6.18. The van der Waals surface area contributed by atoms with Gasteiger partial charge >= 0.3 is 0 Å². The zero-order valence-electron chi connectivity index (χ0n) is 11.4. The fourth-order valence-corrected chi connectivity index (χ4v) is 3.00. The third kappa shape index (κ3) is 1.83. The molecule has 0 bridgehead atoms. The van der Waals surface area contributed by atoms with E-state index in [0.29, 0.717) is 17.7 Å². The molecule has 1 aromatic carbocycles. The molecule has 4 rings (SSSR count). The number of rotatable bonds is 2. The van der Waals surface area contributed by atoms with E-state index in [2.05, 4.69) is 14.8 Å². The topological polar surface area (TPSA) is 78.8 Å². The number of nitrogen functional groups attached to an aromatic ring is 1. The lowest BCUT2D eigenvalue weighted by Gasteiger charge is -2.53. The van der Waals surface area contributed by atoms with Crippen molar-refractivity contribution in [1.82, 2.24) is 9.88 Å². The summed E-state index contributed by atoms with van der Waals surface area (Å²) in [6.45, 7) is 5.20. The van der Waals surface area contributed by atoms with Crippen molar-refractivity contribution in [3.63, 3.8) is 0 Å². The Bertz CT molecular complexity index is 652. The lowest BCUT2D eigenvalue weighted by atomic mass is 9.92. The number of aromatic nitrogens is 1. The minimum atomic E-state index is -0.504. The van der Waals surface area contributed by atoms with Crippen LogP contribution in [0.25, 0.3) is 11.1 Å². The van der Waals surface area contributed by atoms with Crippen molar-refractivity contribution in [3.05, 3.63) is 18.2 Å². The van der Waals surface area contributed by atoms with Gasteiger partial charge in [0.2, 0.25) is 0 Å². The van der Waals surface area contributed by atoms with Gasteiger partial charge in [-0.1, -0.05) is 0 Å². The predicted octanol–water partition coefficient (Wildman–Crippen LogP) is 0.665. The van der Waals surface area contributed by atoms with Crippen LogP contribution < -0.4 is 10.6 Å². The first kappa shape index (κ1) is 12.0. The molecular weight excluding hydrogens is 256 g/mol. The number of benzene rings is 1. The largest absolute Gasteiger partial charge is 0.423 e. The molecule has 20 heavy (non-hydrogen) atoms. The van der Waals surface area contributed by atoms with Crippen LogP contribution in [0.2, 0.25) is 0 Å². The molecule has 6 nitrogen and oxygen atoms in total. The normalized spacial score (nSPS) is 22.8. The number of nitrogens with two attached hydrogens (primary N) is 1. The van der Waals surface area contributed by atoms with Gasteiger partial charge in [0, 0.05) is 37.9 Å². The second-order valence-corrected chi connectivity index (χ2v) is 6.18. The predicted molar refractivity (Wildman–Crippen MR) is 76.6 cm³/mol. The lowest BCUT2D eigenvalue weighted by Crippen LogP contribution is -2.70. The molecular formula is C14H18N4O2. The summed E-state index contributed by atoms with van der Waals surface area (Å²) >= 11 is 0. The van der Waals surface area contributed by atoms with Gasteiger partial charge in [0.15, 0.2) is 5.58 Å². The first-order valence-corrected chi connectivity index (χ1v) is 6.88. The minimum Gasteiger partial charge on any atom is -0.423 e. The molecule has 0 aliphatic carbocycles. The zero-order chi connectivity index (χ0) is 13.9. The Hall–Kier alpha value is -1.79. The number of hydrogen-bond donors (Lipinski definition) is 2. The van der Waals surface area contributed by atoms with Gasteiger partial charge in [0.25, 0.3) is 6.01 Å². The van der Waals surface area contributed by atoms with Crippen molar-refractivity contribution in [3.8, 4) is 0 Å². The van der Waals surface area contributed by atoms with E-state index in [1.165, 1.54) is 0 Å². The number of anilines is 2. The van der Waals surface area contributed by atoms with E-state index in [1.807, 2.05) is 25.1 Å². The molecule has 106 valence electrons. The summed E-state index contributed by atoms with van der Waals surface area (Å²) in [7, 11) is 0. The van der Waals surface area contributed by atoms with Gasteiger partial charge in [-0.3, -0.25) is 4.90 Å². The molecule has 0 spiro atoms. The van der Waals surface area contributed by atoms with Gasteiger partial charge in [0.1, 0.15) is 5.52 Å². The number of oxazole rings is 1. The fourth-order valence-electron chi connectivity index (χ4n) is 3.00. The summed E-state index contributed by atoms with van der Waals surface area (Å²) in [5.41, 5.74) is 7.50. The van der Waals surface area contributed by atoms with E-state index in [9.17, 15) is 5.11 Å². The quantitative estimate of drug-likeness (QED) is 0.783. The SMILES string of the molecule is CC1(O)CN(C2CN(c3nc4cc(N)ccc4o3)C2)C1. The second kappa shape index (κ2) is 3.86. The standard InChI is InChI=1S/C14H18N4O2/c1-14(19)7-18(8-14)10-5-17(6-10)13-16-11-4-9(15)2-3-12(11)20-13/h2-4,10,19H,5-8,15H2,1H3. The summed E-state index contributed by atoms with van der Waals surface area (Å²) in [5.74, 6) is 0. The molecule has 1 aromatic heterocycles. The maximum Gasteiger partial charge on any atom is 0.298 e. The van der Waals surface area contributed by atoms with Crippen molar-refractivity contribution in [2.75, 3.05) is 36.8 Å². The third-order valence-electron chi connectivity index (χ3n) is 4.14. The van der Waals surface area contributed by atoms with Gasteiger partial charge in [0.05, 0.1) is 5.60 Å². The fraction of sp³-hybridized carbons (Fsp3) is 0.500. The van der Waals surface area contributed by atoms with Crippen LogP contribution in [0.4, 0.5) is 11.7 Å². The number of aliphatic hydroxyl groups is 1. The number of β-amino-alcohol motifs (C(OH)–C–C–N with tert-alkyl or cyclic N) is 1. The van der Waals surface area contributed by atoms with Crippen LogP contribution in [0, 0.1) is 0 Å². The average molecular weight is 274 g/mol. The Morgan fingerprint density at radius 1 is 1.40 bits per heavy atom. The summed E-state index contributed by atoms with van der Waals surface area (Å²) in [6, 6.07) is 6.65. The molecule has 3 N–H and O–H groups in total. The summed E-state index contributed by atoms with van der Waals surface area (Å²) in [5, 5.41) is 9.76. The van der Waals surface area contributed by atoms with Crippen molar-refractivity contribution < 1.29 is 9.52 Å². The Labute approximate surface area is 116 Å². The van der Waals surface area contributed by atoms with Gasteiger partial charge in [-0.2, -0.15) is 4.98 Å². The first-order valence-electron chi connectivity index (χ1n) is 6.88. The highest BCUT2D eigenvalue weighted by atomic mass is 16.4. The van der Waals surface area contributed by atoms with Crippen LogP contribution in [0.15, 0.2) is 22.6 Å². The van der Waals surface area contributed by atoms with Crippen molar-refractivity contribution in [2.24, 2.45) is 0 Å². The first-order chi connectivity index (χ1) is 9.50. The number of likely N-dealkylation sites (tertiary alicyclic amines) is 1. The van der Waals surface area contributed by atoms with E-state index < -0.39 is 5.60 Å². The number of fused-ring (bicyclic) bond motifs is 1. The van der Waals surface area contributed by atoms with Crippen LogP contribution in [0.5, 0.6) is 0 Å². The van der Waals surface area contributed by atoms with Crippen LogP contribution in [-0.4, -0.2) is 52.8 Å². The van der Waals surface area contributed by atoms with Crippen LogP contribution in [0.1, 0.15) is 6.92 Å². The molecule has 2 saturated heterocycles. The maximum atomic E-state index is 9.76. The Kier molecular flexibility index (Phi) is 2.32. The van der Waals surface area contributed by atoms with Crippen molar-refractivity contribution in [2.45, 2.75) is 18.6 Å². The van der Waals surface area contributed by atoms with Crippen molar-refractivity contribution in [1.29, 1.82) is 0 Å². The monoisotopic (exact) mass is 274 g/mol. The van der Waals surface area contributed by atoms with Crippen LogP contribution >= 0.6 is 0 Å². The average Bonchev–Trinajstić information content (AvgIpc) is 2.66. The Morgan fingerprint density at radius 3 is 2.85 bits per heavy atom. The molecule has 0 radical (unpaired) electrons. The number of nitrogens with zero attached hydrogens (tertiary/aromatic N) is 3. The Morgan fingerprint density at radius 2 is 2.15 bits per heavy atom. The highest BCUT2D eigenvalue weighted by Crippen LogP contribution is 2.31. The van der Waals surface area contributed by atoms with Gasteiger partial charge < -0.3 is 20.2 Å². The molecule has 0 atom stereocenters. The summed E-state index contributed by atoms with van der Waals surface area (Å²) in [4.78, 5) is 8.89. The van der Waals surface area contributed by atoms with E-state index in [4.69, 9.17) is 10.2 Å². The summed E-state index contributed by atoms with van der Waals surface area (Å²) in [6.07, 6.45) is 0. The molecule has 0 saturated carbocycles. The van der Waals surface area contributed by atoms with Gasteiger partial charge in [-0.05, 0) is 25.1 Å². The smallest absolute Gasteiger partial charge is 0.298 e. The van der Waals surface area contributed by atoms with Gasteiger partial charge in [-0.25, -0.2) is 0 Å². The summed E-state index contributed by atoms with van der Waals surface area (Å²) < 4.78 is 5.74. The van der Waals surface area contributed by atoms with E-state index in [1.54, 1.807) is 0 Å². The highest BCUT2D eigenvalue weighted by Gasteiger charge is 2.45. The molecule has 2 aromatic rings. The molecule has 0 unspecified atom stereocenters. The molecule has 2 aliphatic rings. The maximum absolute atomic E-state index is 9.76. The molecule has 3 heterocycles. The van der Waals surface area contributed by atoms with E-state index >= 15 is 0 Å². The molecule has 2 aliphatic heterocycles. The van der Waals surface area contributed by atoms with E-state index in [-0.39, 0.29) is 0 Å². The molecule has 2 fully saturated rings. The third-order valence-corrected chi connectivity index (χ3v) is 4.14. The minimum absolute atomic E-state index is 0.496.